The van der Waals surface area contributed by atoms with Crippen LogP contribution in [-0.4, -0.2) is 4.98 Å². The molecule has 4 heteroatoms. The number of pyridine rings is 1. The fourth-order valence-electron chi connectivity index (χ4n) is 3.21. The number of nitrogen functional groups attached to an aromatic ring is 1. The molecule has 0 spiro atoms. The number of nitriles is 1. The third kappa shape index (κ3) is 2.52. The van der Waals surface area contributed by atoms with Gasteiger partial charge in [-0.25, -0.2) is 0 Å². The normalized spacial score (nSPS) is 10.6. The molecule has 4 nitrogen and oxygen atoms in total. The number of H-pyrrole nitrogens is 1. The van der Waals surface area contributed by atoms with Crippen LogP contribution in [0.1, 0.15) is 5.56 Å². The van der Waals surface area contributed by atoms with Gasteiger partial charge in [0.25, 0.3) is 5.56 Å². The molecule has 0 aliphatic rings. The summed E-state index contributed by atoms with van der Waals surface area (Å²) in [5.41, 5.74) is 9.69. The van der Waals surface area contributed by atoms with Crippen molar-refractivity contribution in [2.24, 2.45) is 0 Å². The number of nitrogens with two attached hydrogens (primary N) is 1. The van der Waals surface area contributed by atoms with Gasteiger partial charge in [0.15, 0.2) is 0 Å². The summed E-state index contributed by atoms with van der Waals surface area (Å²) in [6.45, 7) is 0. The van der Waals surface area contributed by atoms with Crippen molar-refractivity contribution in [2.45, 2.75) is 0 Å². The van der Waals surface area contributed by atoms with Gasteiger partial charge in [-0.1, -0.05) is 60.7 Å². The lowest BCUT2D eigenvalue weighted by Crippen LogP contribution is -2.11. The SMILES string of the molecule is N#Cc1c(-c2ccccc2)cc2cc(-c3ccccc3)[nH]c(=O)c2c1N. The number of nitrogens with one attached hydrogen (secondary N) is 1. The van der Waals surface area contributed by atoms with Crippen molar-refractivity contribution in [2.75, 3.05) is 5.73 Å². The van der Waals surface area contributed by atoms with E-state index in [1.165, 1.54) is 0 Å². The molecule has 0 aliphatic carbocycles. The Morgan fingerprint density at radius 1 is 0.885 bits per heavy atom. The second-order valence-electron chi connectivity index (χ2n) is 6.03. The predicted octanol–water partition coefficient (Wildman–Crippen LogP) is 4.32. The highest BCUT2D eigenvalue weighted by molar-refractivity contribution is 6.01. The van der Waals surface area contributed by atoms with Gasteiger partial charge < -0.3 is 10.7 Å². The van der Waals surface area contributed by atoms with Crippen LogP contribution in [0.5, 0.6) is 0 Å². The van der Waals surface area contributed by atoms with Gasteiger partial charge in [0.2, 0.25) is 0 Å². The van der Waals surface area contributed by atoms with Gasteiger partial charge in [0.05, 0.1) is 16.6 Å². The van der Waals surface area contributed by atoms with Crippen LogP contribution >= 0.6 is 0 Å². The lowest BCUT2D eigenvalue weighted by Gasteiger charge is -2.12. The van der Waals surface area contributed by atoms with Crippen molar-refractivity contribution in [3.8, 4) is 28.5 Å². The highest BCUT2D eigenvalue weighted by Crippen LogP contribution is 2.33. The monoisotopic (exact) mass is 337 g/mol. The third-order valence-electron chi connectivity index (χ3n) is 4.45. The minimum Gasteiger partial charge on any atom is -0.397 e. The minimum atomic E-state index is -0.296. The summed E-state index contributed by atoms with van der Waals surface area (Å²) in [6.07, 6.45) is 0. The van der Waals surface area contributed by atoms with Gasteiger partial charge in [0, 0.05) is 11.3 Å². The molecule has 0 atom stereocenters. The van der Waals surface area contributed by atoms with E-state index >= 15 is 0 Å². The summed E-state index contributed by atoms with van der Waals surface area (Å²) in [4.78, 5) is 15.5. The summed E-state index contributed by atoms with van der Waals surface area (Å²) in [6, 6.07) is 25.1. The first-order valence-electron chi connectivity index (χ1n) is 8.19. The number of fused-ring (bicyclic) bond motifs is 1. The number of anilines is 1. The molecular weight excluding hydrogens is 322 g/mol. The molecule has 0 fully saturated rings. The van der Waals surface area contributed by atoms with Crippen molar-refractivity contribution < 1.29 is 0 Å². The summed E-state index contributed by atoms with van der Waals surface area (Å²) in [5.74, 6) is 0. The standard InChI is InChI=1S/C22H15N3O/c23-13-18-17(14-7-3-1-4-8-14)11-16-12-19(15-9-5-2-6-10-15)25-22(26)20(16)21(18)24/h1-12H,24H2,(H,25,26). The molecule has 1 heterocycles. The van der Waals surface area contributed by atoms with E-state index in [0.717, 1.165) is 16.7 Å². The molecule has 1 aromatic heterocycles. The maximum Gasteiger partial charge on any atom is 0.258 e. The van der Waals surface area contributed by atoms with Gasteiger partial charge in [-0.05, 0) is 28.6 Å². The number of hydrogen-bond acceptors (Lipinski definition) is 3. The Morgan fingerprint density at radius 3 is 2.12 bits per heavy atom. The smallest absolute Gasteiger partial charge is 0.258 e. The van der Waals surface area contributed by atoms with Crippen molar-refractivity contribution in [1.29, 1.82) is 5.26 Å². The first-order valence-corrected chi connectivity index (χ1v) is 8.19. The molecule has 0 radical (unpaired) electrons. The number of aromatic nitrogens is 1. The van der Waals surface area contributed by atoms with Crippen LogP contribution in [0.25, 0.3) is 33.2 Å². The molecule has 0 bridgehead atoms. The fourth-order valence-corrected chi connectivity index (χ4v) is 3.21. The van der Waals surface area contributed by atoms with Crippen LogP contribution in [-0.2, 0) is 0 Å². The average Bonchev–Trinajstić information content (AvgIpc) is 2.68. The van der Waals surface area contributed by atoms with Gasteiger partial charge in [-0.15, -0.1) is 0 Å². The van der Waals surface area contributed by atoms with Crippen LogP contribution in [0.3, 0.4) is 0 Å². The number of benzene rings is 3. The van der Waals surface area contributed by atoms with Gasteiger partial charge >= 0.3 is 0 Å². The van der Waals surface area contributed by atoms with E-state index < -0.39 is 0 Å². The Balaban J connectivity index is 2.06. The quantitative estimate of drug-likeness (QED) is 0.535. The third-order valence-corrected chi connectivity index (χ3v) is 4.45. The lowest BCUT2D eigenvalue weighted by molar-refractivity contribution is 1.28. The van der Waals surface area contributed by atoms with Crippen molar-refractivity contribution in [3.63, 3.8) is 0 Å². The fraction of sp³-hybridized carbons (Fsp3) is 0. The van der Waals surface area contributed by atoms with E-state index in [0.29, 0.717) is 22.0 Å². The summed E-state index contributed by atoms with van der Waals surface area (Å²) >= 11 is 0. The molecule has 4 aromatic rings. The van der Waals surface area contributed by atoms with Crippen LogP contribution < -0.4 is 11.3 Å². The molecule has 3 N–H and O–H groups in total. The van der Waals surface area contributed by atoms with E-state index in [1.54, 1.807) is 0 Å². The van der Waals surface area contributed by atoms with E-state index in [1.807, 2.05) is 72.8 Å². The summed E-state index contributed by atoms with van der Waals surface area (Å²) in [7, 11) is 0. The molecule has 0 saturated carbocycles. The van der Waals surface area contributed by atoms with Gasteiger partial charge in [-0.2, -0.15) is 5.26 Å². The zero-order valence-electron chi connectivity index (χ0n) is 13.9. The lowest BCUT2D eigenvalue weighted by atomic mass is 9.94. The van der Waals surface area contributed by atoms with Gasteiger partial charge in [-0.3, -0.25) is 4.79 Å². The Labute approximate surface area is 150 Å². The van der Waals surface area contributed by atoms with Crippen molar-refractivity contribution >= 4 is 16.5 Å². The molecule has 0 unspecified atom stereocenters. The van der Waals surface area contributed by atoms with E-state index in [9.17, 15) is 10.1 Å². The molecule has 26 heavy (non-hydrogen) atoms. The van der Waals surface area contributed by atoms with Crippen LogP contribution in [0.4, 0.5) is 5.69 Å². The first kappa shape index (κ1) is 15.7. The topological polar surface area (TPSA) is 82.7 Å². The van der Waals surface area contributed by atoms with Gasteiger partial charge in [0.1, 0.15) is 6.07 Å². The van der Waals surface area contributed by atoms with E-state index in [2.05, 4.69) is 11.1 Å². The molecule has 0 aliphatic heterocycles. The van der Waals surface area contributed by atoms with Crippen LogP contribution in [0, 0.1) is 11.3 Å². The number of hydrogen-bond donors (Lipinski definition) is 2. The number of aromatic amines is 1. The largest absolute Gasteiger partial charge is 0.397 e. The average molecular weight is 337 g/mol. The van der Waals surface area contributed by atoms with Crippen LogP contribution in [0.15, 0.2) is 77.6 Å². The van der Waals surface area contributed by atoms with Crippen LogP contribution in [0.2, 0.25) is 0 Å². The van der Waals surface area contributed by atoms with Crippen molar-refractivity contribution in [3.05, 3.63) is 88.7 Å². The first-order chi connectivity index (χ1) is 12.7. The Kier molecular flexibility index (Phi) is 3.75. The molecule has 0 amide bonds. The zero-order chi connectivity index (χ0) is 18.1. The number of nitrogens with zero attached hydrogens (tertiary/aromatic N) is 1. The number of rotatable bonds is 2. The Bertz CT molecular complexity index is 1200. The summed E-state index contributed by atoms with van der Waals surface area (Å²) in [5, 5.41) is 10.7. The second kappa shape index (κ2) is 6.23. The highest BCUT2D eigenvalue weighted by Gasteiger charge is 2.16. The summed E-state index contributed by atoms with van der Waals surface area (Å²) < 4.78 is 0. The molecule has 3 aromatic carbocycles. The van der Waals surface area contributed by atoms with E-state index in [-0.39, 0.29) is 11.2 Å². The maximum absolute atomic E-state index is 12.7. The zero-order valence-corrected chi connectivity index (χ0v) is 13.9. The van der Waals surface area contributed by atoms with Crippen molar-refractivity contribution in [1.82, 2.24) is 4.98 Å². The second-order valence-corrected chi connectivity index (χ2v) is 6.03. The maximum atomic E-state index is 12.7. The molecular formula is C22H15N3O. The Morgan fingerprint density at radius 2 is 1.50 bits per heavy atom. The minimum absolute atomic E-state index is 0.213. The predicted molar refractivity (Wildman–Crippen MR) is 105 cm³/mol. The Hall–Kier alpha value is -3.84. The molecule has 0 saturated heterocycles. The highest BCUT2D eigenvalue weighted by atomic mass is 16.1. The van der Waals surface area contributed by atoms with E-state index in [4.69, 9.17) is 5.73 Å². The molecule has 124 valence electrons. The molecule has 4 rings (SSSR count).